The van der Waals surface area contributed by atoms with Crippen molar-refractivity contribution < 1.29 is 5.11 Å². The van der Waals surface area contributed by atoms with Crippen molar-refractivity contribution in [3.63, 3.8) is 0 Å². The maximum Gasteiger partial charge on any atom is 0.0920 e. The van der Waals surface area contributed by atoms with Gasteiger partial charge in [-0.3, -0.25) is 4.90 Å². The van der Waals surface area contributed by atoms with Gasteiger partial charge < -0.3 is 10.8 Å². The van der Waals surface area contributed by atoms with E-state index >= 15 is 0 Å². The molecule has 0 aliphatic carbocycles. The molecule has 1 saturated heterocycles. The molecule has 3 N–H and O–H groups in total. The van der Waals surface area contributed by atoms with Gasteiger partial charge in [-0.05, 0) is 36.1 Å². The quantitative estimate of drug-likeness (QED) is 0.862. The average molecular weight is 365 g/mol. The highest BCUT2D eigenvalue weighted by Crippen LogP contribution is 2.36. The Morgan fingerprint density at radius 2 is 1.71 bits per heavy atom. The Kier molecular flexibility index (Phi) is 5.48. The summed E-state index contributed by atoms with van der Waals surface area (Å²) in [4.78, 5) is 2.32. The predicted molar refractivity (Wildman–Crippen MR) is 99.4 cm³/mol. The molecule has 1 aliphatic heterocycles. The maximum absolute atomic E-state index is 11.0. The molecule has 3 rings (SSSR count). The fourth-order valence-corrected chi connectivity index (χ4v) is 3.76. The number of hydrogen-bond donors (Lipinski definition) is 2. The number of rotatable bonds is 4. The summed E-state index contributed by atoms with van der Waals surface area (Å²) in [7, 11) is 0. The third kappa shape index (κ3) is 3.61. The van der Waals surface area contributed by atoms with Gasteiger partial charge in [-0.15, -0.1) is 0 Å². The summed E-state index contributed by atoms with van der Waals surface area (Å²) in [6.45, 7) is 2.07. The van der Waals surface area contributed by atoms with E-state index in [-0.39, 0.29) is 6.04 Å². The van der Waals surface area contributed by atoms with Gasteiger partial charge in [0.25, 0.3) is 0 Å². The van der Waals surface area contributed by atoms with E-state index < -0.39 is 5.60 Å². The first-order chi connectivity index (χ1) is 11.5. The van der Waals surface area contributed by atoms with Crippen LogP contribution in [0.4, 0.5) is 0 Å². The fraction of sp³-hybridized carbons (Fsp3) is 0.368. The van der Waals surface area contributed by atoms with Crippen molar-refractivity contribution >= 4 is 23.2 Å². The average Bonchev–Trinajstić information content (AvgIpc) is 2.61. The van der Waals surface area contributed by atoms with Gasteiger partial charge in [-0.1, -0.05) is 59.6 Å². The monoisotopic (exact) mass is 364 g/mol. The summed E-state index contributed by atoms with van der Waals surface area (Å²) in [5, 5.41) is 12.1. The third-order valence-corrected chi connectivity index (χ3v) is 5.67. The van der Waals surface area contributed by atoms with E-state index in [1.807, 2.05) is 48.5 Å². The second-order valence-electron chi connectivity index (χ2n) is 6.36. The molecule has 128 valence electrons. The van der Waals surface area contributed by atoms with Crippen LogP contribution >= 0.6 is 23.2 Å². The Morgan fingerprint density at radius 3 is 2.29 bits per heavy atom. The molecule has 2 aromatic rings. The Labute approximate surface area is 153 Å². The van der Waals surface area contributed by atoms with E-state index in [2.05, 4.69) is 4.90 Å². The molecule has 0 amide bonds. The van der Waals surface area contributed by atoms with Crippen molar-refractivity contribution in [3.05, 3.63) is 69.7 Å². The first-order valence-corrected chi connectivity index (χ1v) is 8.96. The number of aliphatic hydroxyl groups is 1. The third-order valence-electron chi connectivity index (χ3n) is 4.93. The van der Waals surface area contributed by atoms with Crippen LogP contribution in [-0.2, 0) is 5.60 Å². The number of piperidine rings is 1. The molecule has 0 saturated carbocycles. The molecule has 0 radical (unpaired) electrons. The SMILES string of the molecule is NCC(c1ccc(Cl)c(Cl)c1)N1CCC(O)(c2ccccc2)CC1. The molecule has 5 heteroatoms. The fourth-order valence-electron chi connectivity index (χ4n) is 3.46. The molecule has 1 unspecified atom stereocenters. The highest BCUT2D eigenvalue weighted by atomic mass is 35.5. The van der Waals surface area contributed by atoms with Gasteiger partial charge in [-0.2, -0.15) is 0 Å². The Balaban J connectivity index is 1.74. The lowest BCUT2D eigenvalue weighted by atomic mass is 9.83. The zero-order chi connectivity index (χ0) is 17.2. The van der Waals surface area contributed by atoms with E-state index in [4.69, 9.17) is 28.9 Å². The molecule has 1 heterocycles. The second kappa shape index (κ2) is 7.42. The van der Waals surface area contributed by atoms with E-state index in [0.29, 0.717) is 29.4 Å². The second-order valence-corrected chi connectivity index (χ2v) is 7.17. The molecular formula is C19H22Cl2N2O. The van der Waals surface area contributed by atoms with Crippen molar-refractivity contribution in [1.29, 1.82) is 0 Å². The van der Waals surface area contributed by atoms with Crippen LogP contribution in [0.25, 0.3) is 0 Å². The van der Waals surface area contributed by atoms with Gasteiger partial charge in [0.05, 0.1) is 15.6 Å². The zero-order valence-electron chi connectivity index (χ0n) is 13.5. The van der Waals surface area contributed by atoms with Crippen LogP contribution in [0.5, 0.6) is 0 Å². The summed E-state index contributed by atoms with van der Waals surface area (Å²) >= 11 is 12.2. The van der Waals surface area contributed by atoms with Crippen LogP contribution < -0.4 is 5.73 Å². The highest BCUT2D eigenvalue weighted by molar-refractivity contribution is 6.42. The Bertz CT molecular complexity index is 685. The van der Waals surface area contributed by atoms with Crippen LogP contribution in [0.2, 0.25) is 10.0 Å². The smallest absolute Gasteiger partial charge is 0.0920 e. The molecule has 0 bridgehead atoms. The van der Waals surface area contributed by atoms with Crippen molar-refractivity contribution in [3.8, 4) is 0 Å². The number of hydrogen-bond acceptors (Lipinski definition) is 3. The van der Waals surface area contributed by atoms with Crippen LogP contribution in [0, 0.1) is 0 Å². The minimum absolute atomic E-state index is 0.0834. The lowest BCUT2D eigenvalue weighted by molar-refractivity contribution is -0.0353. The van der Waals surface area contributed by atoms with E-state index in [9.17, 15) is 5.11 Å². The lowest BCUT2D eigenvalue weighted by Crippen LogP contribution is -2.45. The lowest BCUT2D eigenvalue weighted by Gasteiger charge is -2.42. The highest BCUT2D eigenvalue weighted by Gasteiger charge is 2.36. The van der Waals surface area contributed by atoms with Crippen LogP contribution in [0.3, 0.4) is 0 Å². The van der Waals surface area contributed by atoms with Crippen molar-refractivity contribution in [2.75, 3.05) is 19.6 Å². The molecule has 24 heavy (non-hydrogen) atoms. The minimum atomic E-state index is -0.755. The molecule has 3 nitrogen and oxygen atoms in total. The summed E-state index contributed by atoms with van der Waals surface area (Å²) < 4.78 is 0. The van der Waals surface area contributed by atoms with Gasteiger partial charge in [0.1, 0.15) is 0 Å². The summed E-state index contributed by atoms with van der Waals surface area (Å²) in [6, 6.07) is 15.7. The van der Waals surface area contributed by atoms with Crippen molar-refractivity contribution in [1.82, 2.24) is 4.90 Å². The molecular weight excluding hydrogens is 343 g/mol. The van der Waals surface area contributed by atoms with Gasteiger partial charge in [0.2, 0.25) is 0 Å². The van der Waals surface area contributed by atoms with Crippen molar-refractivity contribution in [2.45, 2.75) is 24.5 Å². The first kappa shape index (κ1) is 17.7. The minimum Gasteiger partial charge on any atom is -0.385 e. The van der Waals surface area contributed by atoms with Crippen LogP contribution in [-0.4, -0.2) is 29.6 Å². The molecule has 2 aromatic carbocycles. The van der Waals surface area contributed by atoms with Crippen LogP contribution in [0.15, 0.2) is 48.5 Å². The molecule has 0 spiro atoms. The first-order valence-electron chi connectivity index (χ1n) is 8.20. The van der Waals surface area contributed by atoms with Gasteiger partial charge in [0.15, 0.2) is 0 Å². The van der Waals surface area contributed by atoms with Gasteiger partial charge in [-0.25, -0.2) is 0 Å². The number of halogens is 2. The van der Waals surface area contributed by atoms with Gasteiger partial charge in [0, 0.05) is 25.7 Å². The maximum atomic E-state index is 11.0. The van der Waals surface area contributed by atoms with Crippen molar-refractivity contribution in [2.24, 2.45) is 5.73 Å². The molecule has 1 atom stereocenters. The van der Waals surface area contributed by atoms with E-state index in [1.54, 1.807) is 0 Å². The van der Waals surface area contributed by atoms with E-state index in [1.165, 1.54) is 0 Å². The summed E-state index contributed by atoms with van der Waals surface area (Å²) in [6.07, 6.45) is 1.38. The zero-order valence-corrected chi connectivity index (χ0v) is 15.0. The largest absolute Gasteiger partial charge is 0.385 e. The molecule has 1 aliphatic rings. The summed E-state index contributed by atoms with van der Waals surface area (Å²) in [5.74, 6) is 0. The van der Waals surface area contributed by atoms with Gasteiger partial charge >= 0.3 is 0 Å². The number of nitrogens with zero attached hydrogens (tertiary/aromatic N) is 1. The topological polar surface area (TPSA) is 49.5 Å². The van der Waals surface area contributed by atoms with E-state index in [0.717, 1.165) is 24.2 Å². The number of benzene rings is 2. The Hall–Kier alpha value is -1.10. The summed E-state index contributed by atoms with van der Waals surface area (Å²) in [5.41, 5.74) is 7.32. The number of likely N-dealkylation sites (tertiary alicyclic amines) is 1. The normalized spacial score (nSPS) is 19.2. The standard InChI is InChI=1S/C19H22Cl2N2O/c20-16-7-6-14(12-17(16)21)18(13-22)23-10-8-19(24,9-11-23)15-4-2-1-3-5-15/h1-7,12,18,24H,8-11,13,22H2. The Morgan fingerprint density at radius 1 is 1.04 bits per heavy atom. The number of nitrogens with two attached hydrogens (primary N) is 1. The molecule has 1 fully saturated rings. The van der Waals surface area contributed by atoms with Crippen LogP contribution in [0.1, 0.15) is 30.0 Å². The molecule has 0 aromatic heterocycles. The predicted octanol–water partition coefficient (Wildman–Crippen LogP) is 3.98.